The maximum atomic E-state index is 12.3. The molecule has 0 aromatic heterocycles. The Labute approximate surface area is 156 Å². The maximum Gasteiger partial charge on any atom is 0.227 e. The van der Waals surface area contributed by atoms with Gasteiger partial charge in [0.05, 0.1) is 6.42 Å². The second-order valence-corrected chi connectivity index (χ2v) is 6.13. The standard InChI is InChI=1S/C20H26N2O2.ClH/c1-15-7-4-5-9-18(15)14-24-19-10-6-8-17(11-19)12-20(23)22(3)16(2)13-21;/h4-11,16H,12-14,21H2,1-3H3;1H. The van der Waals surface area contributed by atoms with E-state index in [0.717, 1.165) is 16.9 Å². The highest BCUT2D eigenvalue weighted by Gasteiger charge is 2.15. The third-order valence-electron chi connectivity index (χ3n) is 4.31. The number of rotatable bonds is 7. The van der Waals surface area contributed by atoms with Crippen molar-refractivity contribution < 1.29 is 9.53 Å². The number of nitrogens with zero attached hydrogens (tertiary/aromatic N) is 1. The quantitative estimate of drug-likeness (QED) is 0.821. The summed E-state index contributed by atoms with van der Waals surface area (Å²) in [5.74, 6) is 0.835. The maximum absolute atomic E-state index is 12.3. The van der Waals surface area contributed by atoms with Gasteiger partial charge < -0.3 is 15.4 Å². The number of carbonyl (C=O) groups excluding carboxylic acids is 1. The molecule has 1 amide bonds. The zero-order chi connectivity index (χ0) is 17.5. The molecule has 2 N–H and O–H groups in total. The van der Waals surface area contributed by atoms with Gasteiger partial charge in [-0.05, 0) is 42.7 Å². The fourth-order valence-electron chi connectivity index (χ4n) is 2.38. The van der Waals surface area contributed by atoms with Crippen molar-refractivity contribution in [2.24, 2.45) is 5.73 Å². The Hall–Kier alpha value is -2.04. The monoisotopic (exact) mass is 362 g/mol. The molecule has 0 aliphatic rings. The summed E-state index contributed by atoms with van der Waals surface area (Å²) in [5, 5.41) is 0. The van der Waals surface area contributed by atoms with E-state index in [4.69, 9.17) is 10.5 Å². The number of amides is 1. The first-order valence-corrected chi connectivity index (χ1v) is 8.23. The predicted molar refractivity (Wildman–Crippen MR) is 104 cm³/mol. The molecule has 0 saturated heterocycles. The molecule has 136 valence electrons. The fraction of sp³-hybridized carbons (Fsp3) is 0.350. The van der Waals surface area contributed by atoms with Crippen molar-refractivity contribution in [1.82, 2.24) is 4.90 Å². The van der Waals surface area contributed by atoms with E-state index < -0.39 is 0 Å². The number of hydrogen-bond acceptors (Lipinski definition) is 3. The Kier molecular flexibility index (Phi) is 8.46. The largest absolute Gasteiger partial charge is 0.489 e. The van der Waals surface area contributed by atoms with Crippen molar-refractivity contribution in [1.29, 1.82) is 0 Å². The number of aryl methyl sites for hydroxylation is 1. The summed E-state index contributed by atoms with van der Waals surface area (Å²) in [5.41, 5.74) is 8.94. The van der Waals surface area contributed by atoms with Crippen LogP contribution in [0.5, 0.6) is 5.75 Å². The van der Waals surface area contributed by atoms with Gasteiger partial charge in [0.15, 0.2) is 0 Å². The van der Waals surface area contributed by atoms with Crippen molar-refractivity contribution in [3.63, 3.8) is 0 Å². The van der Waals surface area contributed by atoms with Gasteiger partial charge in [0.25, 0.3) is 0 Å². The number of hydrogen-bond donors (Lipinski definition) is 1. The molecule has 5 heteroatoms. The third-order valence-corrected chi connectivity index (χ3v) is 4.31. The van der Waals surface area contributed by atoms with E-state index in [1.165, 1.54) is 5.56 Å². The van der Waals surface area contributed by atoms with Crippen LogP contribution in [-0.4, -0.2) is 30.4 Å². The van der Waals surface area contributed by atoms with Gasteiger partial charge in [-0.1, -0.05) is 36.4 Å². The van der Waals surface area contributed by atoms with Crippen LogP contribution >= 0.6 is 12.4 Å². The zero-order valence-electron chi connectivity index (χ0n) is 15.1. The minimum Gasteiger partial charge on any atom is -0.489 e. The predicted octanol–water partition coefficient (Wildman–Crippen LogP) is 3.34. The third kappa shape index (κ3) is 6.07. The van der Waals surface area contributed by atoms with E-state index >= 15 is 0 Å². The van der Waals surface area contributed by atoms with E-state index in [-0.39, 0.29) is 24.4 Å². The summed E-state index contributed by atoms with van der Waals surface area (Å²) in [6.07, 6.45) is 0.350. The molecule has 0 bridgehead atoms. The van der Waals surface area contributed by atoms with Crippen LogP contribution in [0.3, 0.4) is 0 Å². The van der Waals surface area contributed by atoms with Crippen LogP contribution in [0, 0.1) is 6.92 Å². The van der Waals surface area contributed by atoms with Gasteiger partial charge in [-0.3, -0.25) is 4.79 Å². The van der Waals surface area contributed by atoms with Crippen LogP contribution in [0.2, 0.25) is 0 Å². The summed E-state index contributed by atoms with van der Waals surface area (Å²) in [6, 6.07) is 15.9. The topological polar surface area (TPSA) is 55.6 Å². The summed E-state index contributed by atoms with van der Waals surface area (Å²) in [4.78, 5) is 14.0. The molecule has 4 nitrogen and oxygen atoms in total. The minimum absolute atomic E-state index is 0. The molecule has 0 spiro atoms. The minimum atomic E-state index is 0. The molecule has 0 aliphatic carbocycles. The van der Waals surface area contributed by atoms with Crippen LogP contribution in [-0.2, 0) is 17.8 Å². The lowest BCUT2D eigenvalue weighted by Crippen LogP contribution is -2.40. The number of nitrogens with two attached hydrogens (primary N) is 1. The van der Waals surface area contributed by atoms with Crippen LogP contribution in [0.25, 0.3) is 0 Å². The molecule has 0 saturated carbocycles. The van der Waals surface area contributed by atoms with E-state index in [1.54, 1.807) is 11.9 Å². The van der Waals surface area contributed by atoms with Gasteiger partial charge in [-0.25, -0.2) is 0 Å². The van der Waals surface area contributed by atoms with Gasteiger partial charge in [0.1, 0.15) is 12.4 Å². The van der Waals surface area contributed by atoms with Gasteiger partial charge in [-0.15, -0.1) is 12.4 Å². The Morgan fingerprint density at radius 1 is 1.20 bits per heavy atom. The van der Waals surface area contributed by atoms with Gasteiger partial charge in [-0.2, -0.15) is 0 Å². The highest BCUT2D eigenvalue weighted by atomic mass is 35.5. The number of likely N-dealkylation sites (N-methyl/N-ethyl adjacent to an activating group) is 1. The summed E-state index contributed by atoms with van der Waals surface area (Å²) >= 11 is 0. The Bertz CT molecular complexity index is 691. The SMILES string of the molecule is Cc1ccccc1COc1cccc(CC(=O)N(C)C(C)CN)c1.Cl. The highest BCUT2D eigenvalue weighted by molar-refractivity contribution is 5.85. The number of halogens is 1. The summed E-state index contributed by atoms with van der Waals surface area (Å²) < 4.78 is 5.88. The lowest BCUT2D eigenvalue weighted by atomic mass is 10.1. The van der Waals surface area contributed by atoms with Crippen LogP contribution < -0.4 is 10.5 Å². The van der Waals surface area contributed by atoms with Crippen LogP contribution in [0.1, 0.15) is 23.6 Å². The van der Waals surface area contributed by atoms with E-state index in [1.807, 2.05) is 43.3 Å². The number of benzene rings is 2. The number of ether oxygens (including phenoxy) is 1. The van der Waals surface area contributed by atoms with Gasteiger partial charge in [0, 0.05) is 19.6 Å². The van der Waals surface area contributed by atoms with E-state index in [9.17, 15) is 4.79 Å². The Morgan fingerprint density at radius 3 is 2.60 bits per heavy atom. The molecule has 2 aromatic carbocycles. The molecule has 1 atom stereocenters. The molecule has 0 fully saturated rings. The second-order valence-electron chi connectivity index (χ2n) is 6.13. The van der Waals surface area contributed by atoms with Crippen molar-refractivity contribution in [3.05, 3.63) is 65.2 Å². The summed E-state index contributed by atoms with van der Waals surface area (Å²) in [6.45, 7) is 5.00. The molecule has 0 aliphatic heterocycles. The first kappa shape index (κ1) is 21.0. The van der Waals surface area contributed by atoms with Gasteiger partial charge >= 0.3 is 0 Å². The smallest absolute Gasteiger partial charge is 0.227 e. The number of carbonyl (C=O) groups is 1. The van der Waals surface area contributed by atoms with E-state index in [0.29, 0.717) is 19.6 Å². The average Bonchev–Trinajstić information content (AvgIpc) is 2.60. The lowest BCUT2D eigenvalue weighted by molar-refractivity contribution is -0.130. The fourth-order valence-corrected chi connectivity index (χ4v) is 2.38. The van der Waals surface area contributed by atoms with Crippen molar-refractivity contribution in [2.45, 2.75) is 32.9 Å². The van der Waals surface area contributed by atoms with Crippen molar-refractivity contribution in [2.75, 3.05) is 13.6 Å². The van der Waals surface area contributed by atoms with Crippen molar-refractivity contribution in [3.8, 4) is 5.75 Å². The molecular weight excluding hydrogens is 336 g/mol. The molecule has 0 heterocycles. The lowest BCUT2D eigenvalue weighted by Gasteiger charge is -2.23. The Balaban J connectivity index is 0.00000312. The average molecular weight is 363 g/mol. The van der Waals surface area contributed by atoms with E-state index in [2.05, 4.69) is 19.1 Å². The molecule has 2 rings (SSSR count). The molecule has 2 aromatic rings. The first-order valence-electron chi connectivity index (χ1n) is 8.23. The van der Waals surface area contributed by atoms with Crippen molar-refractivity contribution >= 4 is 18.3 Å². The van der Waals surface area contributed by atoms with Crippen LogP contribution in [0.4, 0.5) is 0 Å². The molecular formula is C20H27ClN2O2. The van der Waals surface area contributed by atoms with Crippen LogP contribution in [0.15, 0.2) is 48.5 Å². The second kappa shape index (κ2) is 10.1. The zero-order valence-corrected chi connectivity index (χ0v) is 15.9. The molecule has 1 unspecified atom stereocenters. The Morgan fingerprint density at radius 2 is 1.92 bits per heavy atom. The highest BCUT2D eigenvalue weighted by Crippen LogP contribution is 2.17. The molecule has 25 heavy (non-hydrogen) atoms. The first-order chi connectivity index (χ1) is 11.5. The van der Waals surface area contributed by atoms with Gasteiger partial charge in [0.2, 0.25) is 5.91 Å². The molecule has 0 radical (unpaired) electrons. The normalized spacial score (nSPS) is 11.4. The summed E-state index contributed by atoms with van der Waals surface area (Å²) in [7, 11) is 1.79.